The smallest absolute Gasteiger partial charge is 0.204 e. The first-order chi connectivity index (χ1) is 12.3. The van der Waals surface area contributed by atoms with E-state index in [1.807, 2.05) is 12.1 Å². The van der Waals surface area contributed by atoms with Crippen LogP contribution in [0.2, 0.25) is 0 Å². The monoisotopic (exact) mass is 341 g/mol. The van der Waals surface area contributed by atoms with E-state index in [9.17, 15) is 5.11 Å². The molecule has 0 aliphatic carbocycles. The molecule has 0 amide bonds. The number of hydrogen-bond donors (Lipinski definition) is 1. The highest BCUT2D eigenvalue weighted by molar-refractivity contribution is 5.46. The molecule has 1 aromatic carbocycles. The molecular formula is C19H23N3O3. The van der Waals surface area contributed by atoms with Crippen LogP contribution in [0.25, 0.3) is 0 Å². The number of para-hydroxylation sites is 1. The number of nitrogens with zero attached hydrogens (tertiary/aromatic N) is 3. The fourth-order valence-electron chi connectivity index (χ4n) is 3.32. The second-order valence-corrected chi connectivity index (χ2v) is 6.38. The Kier molecular flexibility index (Phi) is 4.83. The largest absolute Gasteiger partial charge is 0.506 e. The van der Waals surface area contributed by atoms with Crippen molar-refractivity contribution in [3.8, 4) is 5.75 Å². The first-order valence-electron chi connectivity index (χ1n) is 8.74. The van der Waals surface area contributed by atoms with Crippen LogP contribution in [-0.4, -0.2) is 54.4 Å². The Morgan fingerprint density at radius 1 is 0.960 bits per heavy atom. The van der Waals surface area contributed by atoms with Gasteiger partial charge >= 0.3 is 0 Å². The first kappa shape index (κ1) is 16.3. The van der Waals surface area contributed by atoms with Crippen LogP contribution >= 0.6 is 0 Å². The second-order valence-electron chi connectivity index (χ2n) is 6.38. The van der Waals surface area contributed by atoms with Gasteiger partial charge < -0.3 is 19.5 Å². The molecule has 132 valence electrons. The van der Waals surface area contributed by atoms with Gasteiger partial charge in [-0.1, -0.05) is 18.2 Å². The van der Waals surface area contributed by atoms with Gasteiger partial charge in [0.05, 0.1) is 18.9 Å². The number of anilines is 1. The summed E-state index contributed by atoms with van der Waals surface area (Å²) in [6.07, 6.45) is -0.546. The Labute approximate surface area is 147 Å². The summed E-state index contributed by atoms with van der Waals surface area (Å²) in [7, 11) is 0. The molecule has 3 heterocycles. The van der Waals surface area contributed by atoms with Gasteiger partial charge in [0.25, 0.3) is 0 Å². The highest BCUT2D eigenvalue weighted by Gasteiger charge is 2.24. The lowest BCUT2D eigenvalue weighted by atomic mass is 10.2. The zero-order chi connectivity index (χ0) is 17.1. The second kappa shape index (κ2) is 7.39. The molecule has 0 unspecified atom stereocenters. The van der Waals surface area contributed by atoms with E-state index in [1.165, 1.54) is 5.69 Å². The van der Waals surface area contributed by atoms with E-state index in [-0.39, 0.29) is 5.75 Å². The van der Waals surface area contributed by atoms with Crippen LogP contribution in [0, 0.1) is 0 Å². The van der Waals surface area contributed by atoms with Crippen molar-refractivity contribution in [2.24, 2.45) is 0 Å². The summed E-state index contributed by atoms with van der Waals surface area (Å²) in [5, 5.41) is 10.0. The maximum atomic E-state index is 10.0. The van der Waals surface area contributed by atoms with E-state index in [1.54, 1.807) is 6.07 Å². The Balaban J connectivity index is 1.38. The van der Waals surface area contributed by atoms with Crippen molar-refractivity contribution in [3.63, 3.8) is 0 Å². The molecule has 0 radical (unpaired) electrons. The lowest BCUT2D eigenvalue weighted by Crippen LogP contribution is -2.46. The number of rotatable bonds is 4. The maximum Gasteiger partial charge on any atom is 0.204 e. The van der Waals surface area contributed by atoms with Gasteiger partial charge in [0.15, 0.2) is 0 Å². The topological polar surface area (TPSA) is 58.1 Å². The molecule has 0 spiro atoms. The molecule has 1 N–H and O–H groups in total. The molecule has 6 heteroatoms. The third-order valence-corrected chi connectivity index (χ3v) is 4.68. The number of aromatic nitrogens is 1. The molecule has 6 nitrogen and oxygen atoms in total. The van der Waals surface area contributed by atoms with Crippen LogP contribution in [0.1, 0.15) is 17.7 Å². The predicted octanol–water partition coefficient (Wildman–Crippen LogP) is 2.15. The predicted molar refractivity (Wildman–Crippen MR) is 94.5 cm³/mol. The van der Waals surface area contributed by atoms with Crippen molar-refractivity contribution in [2.75, 3.05) is 44.3 Å². The highest BCUT2D eigenvalue weighted by Crippen LogP contribution is 2.29. The zero-order valence-electron chi connectivity index (χ0n) is 14.2. The van der Waals surface area contributed by atoms with E-state index in [0.717, 1.165) is 38.4 Å². The van der Waals surface area contributed by atoms with E-state index in [0.29, 0.717) is 18.9 Å². The van der Waals surface area contributed by atoms with E-state index in [4.69, 9.17) is 9.47 Å². The average Bonchev–Trinajstić information content (AvgIpc) is 3.19. The Morgan fingerprint density at radius 2 is 1.68 bits per heavy atom. The molecule has 0 atom stereocenters. The summed E-state index contributed by atoms with van der Waals surface area (Å²) < 4.78 is 10.9. The molecule has 2 aliphatic rings. The summed E-state index contributed by atoms with van der Waals surface area (Å²) in [5.41, 5.74) is 2.70. The fourth-order valence-corrected chi connectivity index (χ4v) is 3.32. The third-order valence-electron chi connectivity index (χ3n) is 4.68. The minimum atomic E-state index is -0.546. The van der Waals surface area contributed by atoms with E-state index in [2.05, 4.69) is 39.0 Å². The van der Waals surface area contributed by atoms with Gasteiger partial charge in [-0.05, 0) is 24.3 Å². The number of ether oxygens (including phenoxy) is 2. The molecule has 25 heavy (non-hydrogen) atoms. The van der Waals surface area contributed by atoms with Crippen LogP contribution < -0.4 is 4.90 Å². The average molecular weight is 341 g/mol. The molecule has 2 fully saturated rings. The van der Waals surface area contributed by atoms with Gasteiger partial charge in [-0.2, -0.15) is 0 Å². The highest BCUT2D eigenvalue weighted by atomic mass is 16.7. The lowest BCUT2D eigenvalue weighted by molar-refractivity contribution is -0.0489. The van der Waals surface area contributed by atoms with Crippen molar-refractivity contribution >= 4 is 5.69 Å². The molecule has 0 saturated carbocycles. The summed E-state index contributed by atoms with van der Waals surface area (Å²) in [6.45, 7) is 5.83. The lowest BCUT2D eigenvalue weighted by Gasteiger charge is -2.36. The van der Waals surface area contributed by atoms with Crippen molar-refractivity contribution in [1.29, 1.82) is 0 Å². The third kappa shape index (κ3) is 3.76. The molecule has 2 saturated heterocycles. The van der Waals surface area contributed by atoms with Crippen LogP contribution in [0.4, 0.5) is 5.69 Å². The molecule has 1 aromatic heterocycles. The van der Waals surface area contributed by atoms with E-state index >= 15 is 0 Å². The Bertz CT molecular complexity index is 696. The molecule has 4 rings (SSSR count). The van der Waals surface area contributed by atoms with Crippen LogP contribution in [-0.2, 0) is 16.0 Å². The molecule has 2 aromatic rings. The van der Waals surface area contributed by atoms with Crippen molar-refractivity contribution in [3.05, 3.63) is 53.9 Å². The number of aromatic hydroxyl groups is 1. The summed E-state index contributed by atoms with van der Waals surface area (Å²) in [4.78, 5) is 9.37. The van der Waals surface area contributed by atoms with Crippen molar-refractivity contribution in [2.45, 2.75) is 12.8 Å². The Hall–Kier alpha value is -2.15. The molecular weight excluding hydrogens is 318 g/mol. The van der Waals surface area contributed by atoms with Gasteiger partial charge in [0.2, 0.25) is 6.29 Å². The normalized spacial score (nSPS) is 19.4. The summed E-state index contributed by atoms with van der Waals surface area (Å²) in [5.74, 6) is 0.129. The maximum absolute atomic E-state index is 10.0. The molecule has 0 bridgehead atoms. The SMILES string of the molecule is Oc1ccc(CN2CCN(c3ccccc3)CC2)nc1C1OCCO1. The van der Waals surface area contributed by atoms with E-state index < -0.39 is 6.29 Å². The van der Waals surface area contributed by atoms with Gasteiger partial charge in [-0.25, -0.2) is 4.98 Å². The quantitative estimate of drug-likeness (QED) is 0.920. The van der Waals surface area contributed by atoms with Crippen LogP contribution in [0.15, 0.2) is 42.5 Å². The van der Waals surface area contributed by atoms with Gasteiger partial charge in [0.1, 0.15) is 11.4 Å². The van der Waals surface area contributed by atoms with Crippen LogP contribution in [0.5, 0.6) is 5.75 Å². The fraction of sp³-hybridized carbons (Fsp3) is 0.421. The molecule has 2 aliphatic heterocycles. The van der Waals surface area contributed by atoms with Gasteiger partial charge in [-0.15, -0.1) is 0 Å². The summed E-state index contributed by atoms with van der Waals surface area (Å²) in [6, 6.07) is 14.1. The van der Waals surface area contributed by atoms with Crippen molar-refractivity contribution < 1.29 is 14.6 Å². The van der Waals surface area contributed by atoms with Crippen LogP contribution in [0.3, 0.4) is 0 Å². The number of pyridine rings is 1. The minimum Gasteiger partial charge on any atom is -0.506 e. The van der Waals surface area contributed by atoms with Gasteiger partial charge in [0, 0.05) is 38.4 Å². The number of benzene rings is 1. The summed E-state index contributed by atoms with van der Waals surface area (Å²) >= 11 is 0. The zero-order valence-corrected chi connectivity index (χ0v) is 14.2. The Morgan fingerprint density at radius 3 is 2.40 bits per heavy atom. The number of piperazine rings is 1. The first-order valence-corrected chi connectivity index (χ1v) is 8.74. The standard InChI is InChI=1S/C19H23N3O3/c23-17-7-6-15(20-18(17)19-24-12-13-25-19)14-21-8-10-22(11-9-21)16-4-2-1-3-5-16/h1-7,19,23H,8-14H2. The van der Waals surface area contributed by atoms with Gasteiger partial charge in [-0.3, -0.25) is 4.90 Å². The number of hydrogen-bond acceptors (Lipinski definition) is 6. The minimum absolute atomic E-state index is 0.129. The van der Waals surface area contributed by atoms with Crippen molar-refractivity contribution in [1.82, 2.24) is 9.88 Å².